The van der Waals surface area contributed by atoms with Crippen LogP contribution in [0.15, 0.2) is 22.7 Å². The molecule has 0 aromatic heterocycles. The molecule has 0 heterocycles. The highest BCUT2D eigenvalue weighted by Crippen LogP contribution is 2.39. The number of halogens is 1. The molecule has 1 unspecified atom stereocenters. The number of hydrogen-bond donors (Lipinski definition) is 1. The summed E-state index contributed by atoms with van der Waals surface area (Å²) in [5.41, 5.74) is 8.99. The zero-order valence-corrected chi connectivity index (χ0v) is 10.1. The lowest BCUT2D eigenvalue weighted by Gasteiger charge is -2.35. The summed E-state index contributed by atoms with van der Waals surface area (Å²) < 4.78 is 1.24. The third kappa shape index (κ3) is 1.51. The average Bonchev–Trinajstić information content (AvgIpc) is 2.20. The van der Waals surface area contributed by atoms with Gasteiger partial charge in [0.1, 0.15) is 0 Å². The van der Waals surface area contributed by atoms with Gasteiger partial charge < -0.3 is 5.73 Å². The van der Waals surface area contributed by atoms with Crippen LogP contribution in [-0.2, 0) is 11.8 Å². The van der Waals surface area contributed by atoms with Crippen LogP contribution in [0.4, 0.5) is 0 Å². The van der Waals surface area contributed by atoms with Gasteiger partial charge >= 0.3 is 0 Å². The number of nitrogens with two attached hydrogens (primary N) is 1. The third-order valence-electron chi connectivity index (χ3n) is 3.37. The van der Waals surface area contributed by atoms with Crippen molar-refractivity contribution in [2.75, 3.05) is 6.54 Å². The van der Waals surface area contributed by atoms with Crippen LogP contribution < -0.4 is 5.73 Å². The van der Waals surface area contributed by atoms with Crippen molar-refractivity contribution in [2.45, 2.75) is 31.6 Å². The molecular formula is C12H16BrN. The van der Waals surface area contributed by atoms with Crippen molar-refractivity contribution < 1.29 is 0 Å². The first kappa shape index (κ1) is 10.2. The van der Waals surface area contributed by atoms with E-state index in [-0.39, 0.29) is 5.41 Å². The van der Waals surface area contributed by atoms with Gasteiger partial charge in [-0.2, -0.15) is 0 Å². The van der Waals surface area contributed by atoms with Crippen LogP contribution >= 0.6 is 15.9 Å². The molecule has 0 bridgehead atoms. The van der Waals surface area contributed by atoms with E-state index < -0.39 is 0 Å². The van der Waals surface area contributed by atoms with Crippen molar-refractivity contribution in [1.29, 1.82) is 0 Å². The molecule has 1 nitrogen and oxygen atoms in total. The molecular weight excluding hydrogens is 238 g/mol. The minimum atomic E-state index is 0.192. The van der Waals surface area contributed by atoms with Crippen molar-refractivity contribution in [3.05, 3.63) is 33.8 Å². The summed E-state index contributed by atoms with van der Waals surface area (Å²) in [5.74, 6) is 0. The smallest absolute Gasteiger partial charge is 0.0210 e. The van der Waals surface area contributed by atoms with Crippen LogP contribution in [0.1, 0.15) is 30.9 Å². The van der Waals surface area contributed by atoms with Gasteiger partial charge in [-0.1, -0.05) is 35.0 Å². The molecule has 1 aliphatic rings. The van der Waals surface area contributed by atoms with Gasteiger partial charge in [-0.05, 0) is 36.5 Å². The lowest BCUT2D eigenvalue weighted by Crippen LogP contribution is -2.35. The highest BCUT2D eigenvalue weighted by Gasteiger charge is 2.31. The third-order valence-corrected chi connectivity index (χ3v) is 4.12. The molecule has 2 N–H and O–H groups in total. The van der Waals surface area contributed by atoms with Gasteiger partial charge in [-0.25, -0.2) is 0 Å². The van der Waals surface area contributed by atoms with Crippen LogP contribution in [0.5, 0.6) is 0 Å². The Hall–Kier alpha value is -0.340. The van der Waals surface area contributed by atoms with E-state index in [1.54, 1.807) is 0 Å². The topological polar surface area (TPSA) is 26.0 Å². The molecule has 76 valence electrons. The summed E-state index contributed by atoms with van der Waals surface area (Å²) in [6.07, 6.45) is 3.66. The number of benzene rings is 1. The molecule has 1 aromatic rings. The molecule has 0 saturated heterocycles. The van der Waals surface area contributed by atoms with Gasteiger partial charge in [0.25, 0.3) is 0 Å². The van der Waals surface area contributed by atoms with Gasteiger partial charge in [0, 0.05) is 16.4 Å². The SMILES string of the molecule is CC1(CN)CCCc2c(Br)cccc21. The van der Waals surface area contributed by atoms with Crippen LogP contribution in [0.25, 0.3) is 0 Å². The molecule has 0 spiro atoms. The zero-order valence-electron chi connectivity index (χ0n) is 8.52. The summed E-state index contributed by atoms with van der Waals surface area (Å²) in [6, 6.07) is 6.47. The van der Waals surface area contributed by atoms with E-state index in [1.807, 2.05) is 0 Å². The summed E-state index contributed by atoms with van der Waals surface area (Å²) in [5, 5.41) is 0. The van der Waals surface area contributed by atoms with Crippen molar-refractivity contribution >= 4 is 15.9 Å². The Morgan fingerprint density at radius 1 is 1.50 bits per heavy atom. The average molecular weight is 254 g/mol. The largest absolute Gasteiger partial charge is 0.330 e. The van der Waals surface area contributed by atoms with E-state index in [9.17, 15) is 0 Å². The van der Waals surface area contributed by atoms with E-state index in [4.69, 9.17) is 5.73 Å². The molecule has 1 aromatic carbocycles. The first-order valence-electron chi connectivity index (χ1n) is 5.15. The van der Waals surface area contributed by atoms with Crippen LogP contribution in [0.3, 0.4) is 0 Å². The fraction of sp³-hybridized carbons (Fsp3) is 0.500. The highest BCUT2D eigenvalue weighted by molar-refractivity contribution is 9.10. The standard InChI is InChI=1S/C12H16BrN/c1-12(8-14)7-3-4-9-10(12)5-2-6-11(9)13/h2,5-6H,3-4,7-8,14H2,1H3. The van der Waals surface area contributed by atoms with E-state index in [1.165, 1.54) is 34.9 Å². The predicted octanol–water partition coefficient (Wildman–Crippen LogP) is 3.00. The normalized spacial score (nSPS) is 25.9. The highest BCUT2D eigenvalue weighted by atomic mass is 79.9. The summed E-state index contributed by atoms with van der Waals surface area (Å²) in [6.45, 7) is 3.02. The second-order valence-electron chi connectivity index (χ2n) is 4.38. The fourth-order valence-electron chi connectivity index (χ4n) is 2.38. The molecule has 0 fully saturated rings. The van der Waals surface area contributed by atoms with Crippen molar-refractivity contribution in [1.82, 2.24) is 0 Å². The van der Waals surface area contributed by atoms with Gasteiger partial charge in [0.2, 0.25) is 0 Å². The molecule has 0 amide bonds. The number of fused-ring (bicyclic) bond motifs is 1. The summed E-state index contributed by atoms with van der Waals surface area (Å²) >= 11 is 3.62. The quantitative estimate of drug-likeness (QED) is 0.819. The Morgan fingerprint density at radius 2 is 2.29 bits per heavy atom. The maximum Gasteiger partial charge on any atom is 0.0210 e. The first-order valence-corrected chi connectivity index (χ1v) is 5.94. The molecule has 1 atom stereocenters. The molecule has 2 heteroatoms. The van der Waals surface area contributed by atoms with Gasteiger partial charge in [-0.3, -0.25) is 0 Å². The van der Waals surface area contributed by atoms with E-state index in [0.717, 1.165) is 6.54 Å². The maximum absolute atomic E-state index is 5.89. The summed E-state index contributed by atoms with van der Waals surface area (Å²) in [7, 11) is 0. The number of hydrogen-bond acceptors (Lipinski definition) is 1. The first-order chi connectivity index (χ1) is 6.67. The summed E-state index contributed by atoms with van der Waals surface area (Å²) in [4.78, 5) is 0. The second-order valence-corrected chi connectivity index (χ2v) is 5.24. The van der Waals surface area contributed by atoms with Crippen LogP contribution in [0.2, 0.25) is 0 Å². The van der Waals surface area contributed by atoms with Gasteiger partial charge in [0.05, 0.1) is 0 Å². The Labute approximate surface area is 93.8 Å². The predicted molar refractivity (Wildman–Crippen MR) is 63.5 cm³/mol. The molecule has 0 radical (unpaired) electrons. The number of rotatable bonds is 1. The maximum atomic E-state index is 5.89. The Bertz CT molecular complexity index is 348. The van der Waals surface area contributed by atoms with Gasteiger partial charge in [0.15, 0.2) is 0 Å². The van der Waals surface area contributed by atoms with Crippen LogP contribution in [-0.4, -0.2) is 6.54 Å². The van der Waals surface area contributed by atoms with E-state index in [2.05, 4.69) is 41.1 Å². The molecule has 0 saturated carbocycles. The van der Waals surface area contributed by atoms with Crippen LogP contribution in [0, 0.1) is 0 Å². The molecule has 1 aliphatic carbocycles. The lowest BCUT2D eigenvalue weighted by molar-refractivity contribution is 0.403. The van der Waals surface area contributed by atoms with Crippen molar-refractivity contribution in [2.24, 2.45) is 5.73 Å². The molecule has 14 heavy (non-hydrogen) atoms. The Morgan fingerprint density at radius 3 is 3.00 bits per heavy atom. The lowest BCUT2D eigenvalue weighted by atomic mass is 9.71. The van der Waals surface area contributed by atoms with Crippen molar-refractivity contribution in [3.63, 3.8) is 0 Å². The zero-order chi connectivity index (χ0) is 10.2. The molecule has 0 aliphatic heterocycles. The minimum absolute atomic E-state index is 0.192. The van der Waals surface area contributed by atoms with Crippen molar-refractivity contribution in [3.8, 4) is 0 Å². The Balaban J connectivity index is 2.55. The fourth-order valence-corrected chi connectivity index (χ4v) is 2.94. The van der Waals surface area contributed by atoms with E-state index in [0.29, 0.717) is 0 Å². The molecule has 2 rings (SSSR count). The van der Waals surface area contributed by atoms with Gasteiger partial charge in [-0.15, -0.1) is 0 Å². The van der Waals surface area contributed by atoms with E-state index >= 15 is 0 Å². The monoisotopic (exact) mass is 253 g/mol. The second kappa shape index (κ2) is 3.67. The Kier molecular flexibility index (Phi) is 2.67. The minimum Gasteiger partial charge on any atom is -0.330 e.